The van der Waals surface area contributed by atoms with Crippen molar-refractivity contribution in [3.8, 4) is 5.75 Å². The molecule has 0 aromatic heterocycles. The fourth-order valence-corrected chi connectivity index (χ4v) is 1.82. The van der Waals surface area contributed by atoms with E-state index in [0.29, 0.717) is 24.9 Å². The maximum atomic E-state index is 10.0. The number of rotatable bonds is 8. The maximum Gasteiger partial charge on any atom is 0.124 e. The highest BCUT2D eigenvalue weighted by atomic mass is 16.5. The lowest BCUT2D eigenvalue weighted by Gasteiger charge is -2.15. The Hall–Kier alpha value is -1.06. The van der Waals surface area contributed by atoms with E-state index in [0.717, 1.165) is 18.4 Å². The predicted molar refractivity (Wildman–Crippen MR) is 72.8 cm³/mol. The fourth-order valence-electron chi connectivity index (χ4n) is 1.82. The van der Waals surface area contributed by atoms with E-state index >= 15 is 0 Å². The smallest absolute Gasteiger partial charge is 0.124 e. The van der Waals surface area contributed by atoms with Gasteiger partial charge in [0.1, 0.15) is 11.9 Å². The van der Waals surface area contributed by atoms with E-state index in [4.69, 9.17) is 9.47 Å². The normalized spacial score (nSPS) is 12.7. The van der Waals surface area contributed by atoms with Crippen LogP contribution in [0.5, 0.6) is 5.75 Å². The largest absolute Gasteiger partial charge is 0.496 e. The van der Waals surface area contributed by atoms with Gasteiger partial charge in [-0.2, -0.15) is 0 Å². The first-order valence-corrected chi connectivity index (χ1v) is 6.54. The van der Waals surface area contributed by atoms with Gasteiger partial charge in [0, 0.05) is 12.2 Å². The Morgan fingerprint density at radius 1 is 1.22 bits per heavy atom. The van der Waals surface area contributed by atoms with Crippen molar-refractivity contribution >= 4 is 0 Å². The van der Waals surface area contributed by atoms with Crippen LogP contribution < -0.4 is 4.74 Å². The number of aliphatic hydroxyl groups excluding tert-OH is 1. The van der Waals surface area contributed by atoms with Crippen LogP contribution in [0.3, 0.4) is 0 Å². The molecule has 0 fully saturated rings. The summed E-state index contributed by atoms with van der Waals surface area (Å²) in [6.45, 7) is 5.41. The van der Waals surface area contributed by atoms with Crippen LogP contribution in [0.15, 0.2) is 24.3 Å². The number of hydrogen-bond acceptors (Lipinski definition) is 3. The monoisotopic (exact) mass is 252 g/mol. The quantitative estimate of drug-likeness (QED) is 0.722. The highest BCUT2D eigenvalue weighted by molar-refractivity contribution is 5.34. The van der Waals surface area contributed by atoms with Crippen LogP contribution in [0.1, 0.15) is 38.4 Å². The molecule has 1 aromatic carbocycles. The van der Waals surface area contributed by atoms with Crippen molar-refractivity contribution in [3.63, 3.8) is 0 Å². The van der Waals surface area contributed by atoms with E-state index in [9.17, 15) is 5.11 Å². The Bertz CT molecular complexity index is 336. The van der Waals surface area contributed by atoms with Gasteiger partial charge in [-0.25, -0.2) is 0 Å². The van der Waals surface area contributed by atoms with E-state index in [1.807, 2.05) is 24.3 Å². The molecule has 1 N–H and O–H groups in total. The van der Waals surface area contributed by atoms with Crippen LogP contribution in [-0.2, 0) is 4.74 Å². The summed E-state index contributed by atoms with van der Waals surface area (Å²) in [7, 11) is 1.61. The molecule has 0 aliphatic heterocycles. The van der Waals surface area contributed by atoms with Crippen LogP contribution in [0.25, 0.3) is 0 Å². The van der Waals surface area contributed by atoms with E-state index in [1.165, 1.54) is 0 Å². The zero-order valence-electron chi connectivity index (χ0n) is 11.6. The number of ether oxygens (including phenoxy) is 2. The zero-order chi connectivity index (χ0) is 13.4. The zero-order valence-corrected chi connectivity index (χ0v) is 11.6. The van der Waals surface area contributed by atoms with Crippen molar-refractivity contribution in [1.82, 2.24) is 0 Å². The number of hydrogen-bond donors (Lipinski definition) is 1. The molecule has 18 heavy (non-hydrogen) atoms. The Kier molecular flexibility index (Phi) is 6.76. The van der Waals surface area contributed by atoms with Gasteiger partial charge >= 0.3 is 0 Å². The van der Waals surface area contributed by atoms with Crippen LogP contribution >= 0.6 is 0 Å². The van der Waals surface area contributed by atoms with Gasteiger partial charge in [0.25, 0.3) is 0 Å². The van der Waals surface area contributed by atoms with Crippen molar-refractivity contribution in [3.05, 3.63) is 29.8 Å². The maximum absolute atomic E-state index is 10.0. The van der Waals surface area contributed by atoms with Gasteiger partial charge in [-0.05, 0) is 24.8 Å². The second-order valence-corrected chi connectivity index (χ2v) is 4.87. The first-order valence-electron chi connectivity index (χ1n) is 6.54. The molecule has 0 saturated heterocycles. The molecule has 102 valence electrons. The van der Waals surface area contributed by atoms with E-state index < -0.39 is 6.10 Å². The highest BCUT2D eigenvalue weighted by Crippen LogP contribution is 2.24. The van der Waals surface area contributed by atoms with Crippen LogP contribution in [0.4, 0.5) is 0 Å². The second kappa shape index (κ2) is 8.11. The average molecular weight is 252 g/mol. The average Bonchev–Trinajstić information content (AvgIpc) is 2.37. The number of benzene rings is 1. The summed E-state index contributed by atoms with van der Waals surface area (Å²) in [6, 6.07) is 7.48. The summed E-state index contributed by atoms with van der Waals surface area (Å²) in [5, 5.41) is 10.0. The van der Waals surface area contributed by atoms with Gasteiger partial charge in [0.05, 0.1) is 13.7 Å². The molecular formula is C15H24O3. The molecule has 0 aliphatic rings. The standard InChI is InChI=1S/C15H24O3/c1-12(2)7-6-10-18-11-14(16)13-8-4-5-9-15(13)17-3/h4-5,8-9,12,14,16H,6-7,10-11H2,1-3H3. The molecular weight excluding hydrogens is 228 g/mol. The van der Waals surface area contributed by atoms with Gasteiger partial charge < -0.3 is 14.6 Å². The van der Waals surface area contributed by atoms with Gasteiger partial charge in [0.2, 0.25) is 0 Å². The van der Waals surface area contributed by atoms with E-state index in [-0.39, 0.29) is 0 Å². The summed E-state index contributed by atoms with van der Waals surface area (Å²) in [5.41, 5.74) is 0.781. The Morgan fingerprint density at radius 2 is 1.94 bits per heavy atom. The minimum atomic E-state index is -0.625. The number of para-hydroxylation sites is 1. The van der Waals surface area contributed by atoms with Crippen molar-refractivity contribution in [2.24, 2.45) is 5.92 Å². The molecule has 1 atom stereocenters. The van der Waals surface area contributed by atoms with Crippen LogP contribution in [0.2, 0.25) is 0 Å². The fraction of sp³-hybridized carbons (Fsp3) is 0.600. The SMILES string of the molecule is COc1ccccc1C(O)COCCCC(C)C. The summed E-state index contributed by atoms with van der Waals surface area (Å²) >= 11 is 0. The molecule has 3 heteroatoms. The van der Waals surface area contributed by atoms with Crippen molar-refractivity contribution in [2.75, 3.05) is 20.3 Å². The summed E-state index contributed by atoms with van der Waals surface area (Å²) in [4.78, 5) is 0. The molecule has 1 aromatic rings. The number of methoxy groups -OCH3 is 1. The molecule has 0 spiro atoms. The van der Waals surface area contributed by atoms with Crippen molar-refractivity contribution in [1.29, 1.82) is 0 Å². The minimum absolute atomic E-state index is 0.318. The van der Waals surface area contributed by atoms with E-state index in [1.54, 1.807) is 7.11 Å². The first kappa shape index (κ1) is 15.0. The Morgan fingerprint density at radius 3 is 2.61 bits per heavy atom. The molecule has 0 saturated carbocycles. The van der Waals surface area contributed by atoms with Gasteiger partial charge in [-0.3, -0.25) is 0 Å². The van der Waals surface area contributed by atoms with Crippen LogP contribution in [-0.4, -0.2) is 25.4 Å². The number of aliphatic hydroxyl groups is 1. The van der Waals surface area contributed by atoms with Gasteiger partial charge in [-0.15, -0.1) is 0 Å². The minimum Gasteiger partial charge on any atom is -0.496 e. The lowest BCUT2D eigenvalue weighted by atomic mass is 10.1. The third-order valence-corrected chi connectivity index (χ3v) is 2.84. The molecule has 1 rings (SSSR count). The highest BCUT2D eigenvalue weighted by Gasteiger charge is 2.12. The predicted octanol–water partition coefficient (Wildman–Crippen LogP) is 3.18. The van der Waals surface area contributed by atoms with Crippen LogP contribution in [0, 0.1) is 5.92 Å². The lowest BCUT2D eigenvalue weighted by Crippen LogP contribution is -2.09. The van der Waals surface area contributed by atoms with Gasteiger partial charge in [-0.1, -0.05) is 32.0 Å². The Labute approximate surface area is 110 Å². The molecule has 0 amide bonds. The summed E-state index contributed by atoms with van der Waals surface area (Å²) in [5.74, 6) is 1.41. The summed E-state index contributed by atoms with van der Waals surface area (Å²) < 4.78 is 10.7. The molecule has 0 aliphatic carbocycles. The van der Waals surface area contributed by atoms with E-state index in [2.05, 4.69) is 13.8 Å². The van der Waals surface area contributed by atoms with Crippen molar-refractivity contribution < 1.29 is 14.6 Å². The molecule has 1 unspecified atom stereocenters. The topological polar surface area (TPSA) is 38.7 Å². The lowest BCUT2D eigenvalue weighted by molar-refractivity contribution is 0.0326. The molecule has 0 bridgehead atoms. The molecule has 3 nitrogen and oxygen atoms in total. The van der Waals surface area contributed by atoms with Crippen molar-refractivity contribution in [2.45, 2.75) is 32.8 Å². The molecule has 0 radical (unpaired) electrons. The molecule has 0 heterocycles. The Balaban J connectivity index is 2.34. The second-order valence-electron chi connectivity index (χ2n) is 4.87. The summed E-state index contributed by atoms with van der Waals surface area (Å²) in [6.07, 6.45) is 1.57. The third kappa shape index (κ3) is 5.07. The first-order chi connectivity index (χ1) is 8.65. The third-order valence-electron chi connectivity index (χ3n) is 2.84. The van der Waals surface area contributed by atoms with Gasteiger partial charge in [0.15, 0.2) is 0 Å².